The third-order valence-corrected chi connectivity index (χ3v) is 6.48. The molecule has 2 N–H and O–H groups in total. The first kappa shape index (κ1) is 21.7. The average Bonchev–Trinajstić information content (AvgIpc) is 2.58. The van der Waals surface area contributed by atoms with Gasteiger partial charge in [0.15, 0.2) is 5.96 Å². The van der Waals surface area contributed by atoms with E-state index in [-0.39, 0.29) is 0 Å². The Bertz CT molecular complexity index is 743. The Morgan fingerprint density at radius 1 is 1.15 bits per heavy atom. The summed E-state index contributed by atoms with van der Waals surface area (Å²) in [6.45, 7) is 12.0. The van der Waals surface area contributed by atoms with E-state index < -0.39 is 10.0 Å². The molecule has 0 bridgehead atoms. The summed E-state index contributed by atoms with van der Waals surface area (Å²) in [6.07, 6.45) is 3.06. The van der Waals surface area contributed by atoms with E-state index in [9.17, 15) is 8.42 Å². The number of aliphatic imine (C=N–C) groups is 1. The first-order chi connectivity index (χ1) is 12.7. The predicted molar refractivity (Wildman–Crippen MR) is 113 cm³/mol. The van der Waals surface area contributed by atoms with E-state index in [1.165, 1.54) is 28.5 Å². The lowest BCUT2D eigenvalue weighted by Crippen LogP contribution is -2.44. The molecule has 0 atom stereocenters. The van der Waals surface area contributed by atoms with Crippen molar-refractivity contribution < 1.29 is 8.42 Å². The minimum Gasteiger partial charge on any atom is -0.357 e. The first-order valence-electron chi connectivity index (χ1n) is 9.74. The second kappa shape index (κ2) is 9.55. The van der Waals surface area contributed by atoms with E-state index in [2.05, 4.69) is 50.5 Å². The fraction of sp³-hybridized carbons (Fsp3) is 0.650. The van der Waals surface area contributed by atoms with Crippen molar-refractivity contribution in [2.45, 2.75) is 47.1 Å². The average molecular weight is 395 g/mol. The van der Waals surface area contributed by atoms with Crippen LogP contribution in [-0.4, -0.2) is 51.1 Å². The number of rotatable bonds is 6. The quantitative estimate of drug-likeness (QED) is 0.574. The molecule has 1 fully saturated rings. The summed E-state index contributed by atoms with van der Waals surface area (Å²) in [5.41, 5.74) is 5.11. The van der Waals surface area contributed by atoms with E-state index in [0.29, 0.717) is 25.6 Å². The van der Waals surface area contributed by atoms with Gasteiger partial charge in [0.2, 0.25) is 10.0 Å². The summed E-state index contributed by atoms with van der Waals surface area (Å²) < 4.78 is 24.8. The second-order valence-electron chi connectivity index (χ2n) is 7.56. The van der Waals surface area contributed by atoms with Crippen molar-refractivity contribution >= 4 is 16.0 Å². The SMILES string of the molecule is CCNC(=NCc1c(C)cc(C)cc1C)NCC1CCN(S(C)(=O)=O)CC1. The summed E-state index contributed by atoms with van der Waals surface area (Å²) in [5.74, 6) is 1.29. The zero-order valence-corrected chi connectivity index (χ0v) is 18.1. The fourth-order valence-electron chi connectivity index (χ4n) is 3.65. The Kier molecular flexibility index (Phi) is 7.68. The molecule has 1 aromatic carbocycles. The van der Waals surface area contributed by atoms with E-state index in [1.807, 2.05) is 0 Å². The summed E-state index contributed by atoms with van der Waals surface area (Å²) in [6, 6.07) is 4.40. The van der Waals surface area contributed by atoms with Crippen LogP contribution >= 0.6 is 0 Å². The smallest absolute Gasteiger partial charge is 0.211 e. The fourth-order valence-corrected chi connectivity index (χ4v) is 4.52. The van der Waals surface area contributed by atoms with Crippen LogP contribution in [0.1, 0.15) is 42.0 Å². The molecule has 0 amide bonds. The zero-order chi connectivity index (χ0) is 20.0. The van der Waals surface area contributed by atoms with Gasteiger partial charge in [-0.2, -0.15) is 0 Å². The van der Waals surface area contributed by atoms with Gasteiger partial charge < -0.3 is 10.6 Å². The third-order valence-electron chi connectivity index (χ3n) is 5.18. The van der Waals surface area contributed by atoms with Gasteiger partial charge in [-0.05, 0) is 63.1 Å². The summed E-state index contributed by atoms with van der Waals surface area (Å²) in [5, 5.41) is 6.74. The van der Waals surface area contributed by atoms with Gasteiger partial charge >= 0.3 is 0 Å². The van der Waals surface area contributed by atoms with Crippen LogP contribution in [-0.2, 0) is 16.6 Å². The Morgan fingerprint density at radius 3 is 2.26 bits per heavy atom. The van der Waals surface area contributed by atoms with Crippen molar-refractivity contribution in [3.63, 3.8) is 0 Å². The highest BCUT2D eigenvalue weighted by atomic mass is 32.2. The van der Waals surface area contributed by atoms with Crippen molar-refractivity contribution in [2.24, 2.45) is 10.9 Å². The number of piperidine rings is 1. The lowest BCUT2D eigenvalue weighted by Gasteiger charge is -2.30. The maximum absolute atomic E-state index is 11.6. The van der Waals surface area contributed by atoms with Crippen LogP contribution in [0, 0.1) is 26.7 Å². The topological polar surface area (TPSA) is 73.8 Å². The Balaban J connectivity index is 1.93. The highest BCUT2D eigenvalue weighted by Crippen LogP contribution is 2.19. The molecule has 27 heavy (non-hydrogen) atoms. The molecule has 6 nitrogen and oxygen atoms in total. The normalized spacial score (nSPS) is 17.1. The summed E-state index contributed by atoms with van der Waals surface area (Å²) in [7, 11) is -3.06. The number of nitrogens with zero attached hydrogens (tertiary/aromatic N) is 2. The van der Waals surface area contributed by atoms with Crippen LogP contribution in [0.2, 0.25) is 0 Å². The van der Waals surface area contributed by atoms with E-state index in [4.69, 9.17) is 4.99 Å². The van der Waals surface area contributed by atoms with Gasteiger partial charge in [0.05, 0.1) is 12.8 Å². The van der Waals surface area contributed by atoms with Gasteiger partial charge in [-0.1, -0.05) is 17.7 Å². The molecule has 0 radical (unpaired) electrons. The number of aryl methyl sites for hydroxylation is 3. The zero-order valence-electron chi connectivity index (χ0n) is 17.3. The third kappa shape index (κ3) is 6.50. The van der Waals surface area contributed by atoms with Crippen molar-refractivity contribution in [3.8, 4) is 0 Å². The van der Waals surface area contributed by atoms with Crippen molar-refractivity contribution in [3.05, 3.63) is 34.4 Å². The highest BCUT2D eigenvalue weighted by molar-refractivity contribution is 7.88. The molecule has 0 saturated carbocycles. The molecule has 152 valence electrons. The molecule has 7 heteroatoms. The molecule has 2 rings (SSSR count). The number of hydrogen-bond donors (Lipinski definition) is 2. The largest absolute Gasteiger partial charge is 0.357 e. The minimum atomic E-state index is -3.06. The van der Waals surface area contributed by atoms with Crippen LogP contribution in [0.3, 0.4) is 0 Å². The van der Waals surface area contributed by atoms with Crippen LogP contribution in [0.4, 0.5) is 0 Å². The van der Waals surface area contributed by atoms with E-state index >= 15 is 0 Å². The van der Waals surface area contributed by atoms with Gasteiger partial charge in [-0.15, -0.1) is 0 Å². The molecule has 0 aromatic heterocycles. The van der Waals surface area contributed by atoms with E-state index in [0.717, 1.165) is 31.9 Å². The molecular weight excluding hydrogens is 360 g/mol. The van der Waals surface area contributed by atoms with Crippen LogP contribution in [0.25, 0.3) is 0 Å². The lowest BCUT2D eigenvalue weighted by molar-refractivity contribution is 0.275. The molecule has 1 aliphatic heterocycles. The van der Waals surface area contributed by atoms with Crippen molar-refractivity contribution in [1.82, 2.24) is 14.9 Å². The summed E-state index contributed by atoms with van der Waals surface area (Å²) >= 11 is 0. The number of sulfonamides is 1. The van der Waals surface area contributed by atoms with Gasteiger partial charge in [-0.3, -0.25) is 0 Å². The summed E-state index contributed by atoms with van der Waals surface area (Å²) in [4.78, 5) is 4.76. The van der Waals surface area contributed by atoms with Crippen LogP contribution < -0.4 is 10.6 Å². The molecule has 0 aliphatic carbocycles. The molecule has 1 heterocycles. The van der Waals surface area contributed by atoms with Crippen molar-refractivity contribution in [1.29, 1.82) is 0 Å². The standard InChI is InChI=1S/C20H34N4O2S/c1-6-21-20(23-14-19-16(3)11-15(2)12-17(19)4)22-13-18-7-9-24(10-8-18)27(5,25)26/h11-12,18H,6-10,13-14H2,1-5H3,(H2,21,22,23). The molecule has 0 spiro atoms. The minimum absolute atomic E-state index is 0.467. The Hall–Kier alpha value is -1.60. The monoisotopic (exact) mass is 394 g/mol. The van der Waals surface area contributed by atoms with Crippen LogP contribution in [0.5, 0.6) is 0 Å². The number of hydrogen-bond acceptors (Lipinski definition) is 3. The maximum atomic E-state index is 11.6. The molecule has 1 saturated heterocycles. The van der Waals surface area contributed by atoms with Crippen molar-refractivity contribution in [2.75, 3.05) is 32.4 Å². The molecule has 1 aliphatic rings. The molecule has 1 aromatic rings. The first-order valence-corrected chi connectivity index (χ1v) is 11.6. The maximum Gasteiger partial charge on any atom is 0.211 e. The van der Waals surface area contributed by atoms with Gasteiger partial charge in [0.25, 0.3) is 0 Å². The number of benzene rings is 1. The lowest BCUT2D eigenvalue weighted by atomic mass is 9.98. The Morgan fingerprint density at radius 2 is 1.74 bits per heavy atom. The van der Waals surface area contributed by atoms with Gasteiger partial charge in [0.1, 0.15) is 0 Å². The predicted octanol–water partition coefficient (Wildman–Crippen LogP) is 2.34. The van der Waals surface area contributed by atoms with E-state index in [1.54, 1.807) is 4.31 Å². The molecular formula is C20H34N4O2S. The van der Waals surface area contributed by atoms with Gasteiger partial charge in [0, 0.05) is 26.2 Å². The number of guanidine groups is 1. The van der Waals surface area contributed by atoms with Gasteiger partial charge in [-0.25, -0.2) is 17.7 Å². The second-order valence-corrected chi connectivity index (χ2v) is 9.54. The van der Waals surface area contributed by atoms with Crippen LogP contribution in [0.15, 0.2) is 17.1 Å². The highest BCUT2D eigenvalue weighted by Gasteiger charge is 2.24. The number of nitrogens with one attached hydrogen (secondary N) is 2. The Labute approximate surface area is 164 Å². The molecule has 0 unspecified atom stereocenters.